The molecular weight excluding hydrogens is 326 g/mol. The zero-order valence-electron chi connectivity index (χ0n) is 14.3. The summed E-state index contributed by atoms with van der Waals surface area (Å²) in [6, 6.07) is 15.8. The summed E-state index contributed by atoms with van der Waals surface area (Å²) in [5, 5.41) is 8.09. The van der Waals surface area contributed by atoms with Gasteiger partial charge in [-0.15, -0.1) is 0 Å². The molecule has 1 fully saturated rings. The van der Waals surface area contributed by atoms with E-state index in [1.807, 2.05) is 53.4 Å². The second kappa shape index (κ2) is 5.98. The highest BCUT2D eigenvalue weighted by Gasteiger charge is 2.29. The number of hydrogen-bond donors (Lipinski definition) is 2. The van der Waals surface area contributed by atoms with Gasteiger partial charge in [0.05, 0.1) is 16.6 Å². The predicted octanol–water partition coefficient (Wildman–Crippen LogP) is 3.46. The molecule has 2 aromatic carbocycles. The smallest absolute Gasteiger partial charge is 0.275 e. The van der Waals surface area contributed by atoms with Gasteiger partial charge >= 0.3 is 0 Å². The minimum Gasteiger partial charge on any atom is -0.342 e. The lowest BCUT2D eigenvalue weighted by molar-refractivity contribution is 0.0701. The molecule has 5 rings (SSSR count). The molecule has 1 amide bonds. The maximum absolute atomic E-state index is 13.0. The molecule has 0 radical (unpaired) electrons. The highest BCUT2D eigenvalue weighted by molar-refractivity contribution is 6.04. The summed E-state index contributed by atoms with van der Waals surface area (Å²) in [5.41, 5.74) is 3.42. The van der Waals surface area contributed by atoms with Crippen molar-refractivity contribution < 1.29 is 4.79 Å². The fourth-order valence-electron chi connectivity index (χ4n) is 3.83. The lowest BCUT2D eigenvalue weighted by Crippen LogP contribution is -2.39. The van der Waals surface area contributed by atoms with Crippen molar-refractivity contribution in [2.75, 3.05) is 13.1 Å². The van der Waals surface area contributed by atoms with Gasteiger partial charge in [-0.25, -0.2) is 4.98 Å². The van der Waals surface area contributed by atoms with Crippen LogP contribution < -0.4 is 0 Å². The molecular formula is C20H19N5O. The van der Waals surface area contributed by atoms with Gasteiger partial charge < -0.3 is 9.88 Å². The van der Waals surface area contributed by atoms with E-state index in [4.69, 9.17) is 4.98 Å². The third-order valence-corrected chi connectivity index (χ3v) is 5.18. The van der Waals surface area contributed by atoms with Crippen molar-refractivity contribution in [3.05, 3.63) is 60.0 Å². The summed E-state index contributed by atoms with van der Waals surface area (Å²) in [7, 11) is 0. The molecule has 130 valence electrons. The van der Waals surface area contributed by atoms with Crippen LogP contribution in [-0.4, -0.2) is 44.1 Å². The summed E-state index contributed by atoms with van der Waals surface area (Å²) in [4.78, 5) is 23.1. The van der Waals surface area contributed by atoms with Crippen LogP contribution in [-0.2, 0) is 0 Å². The maximum Gasteiger partial charge on any atom is 0.275 e. The monoisotopic (exact) mass is 345 g/mol. The second-order valence-corrected chi connectivity index (χ2v) is 6.85. The lowest BCUT2D eigenvalue weighted by atomic mass is 9.97. The number of nitrogens with zero attached hydrogens (tertiary/aromatic N) is 3. The number of para-hydroxylation sites is 3. The normalized spacial score (nSPS) is 17.8. The summed E-state index contributed by atoms with van der Waals surface area (Å²) < 4.78 is 0. The zero-order chi connectivity index (χ0) is 17.5. The standard InChI is InChI=1S/C20H19N5O/c26-20(18-14-7-1-2-8-15(14)23-24-18)25-11-5-6-13(12-25)19-21-16-9-3-4-10-17(16)22-19/h1-4,7-10,13H,5-6,11-12H2,(H,21,22)(H,23,24)/t13-/m0/s1. The average molecular weight is 345 g/mol. The Balaban J connectivity index is 1.42. The molecule has 1 aliphatic rings. The van der Waals surface area contributed by atoms with Crippen molar-refractivity contribution >= 4 is 27.8 Å². The first-order valence-corrected chi connectivity index (χ1v) is 8.96. The van der Waals surface area contributed by atoms with E-state index in [-0.39, 0.29) is 11.8 Å². The molecule has 26 heavy (non-hydrogen) atoms. The Hall–Kier alpha value is -3.15. The maximum atomic E-state index is 13.0. The number of benzene rings is 2. The van der Waals surface area contributed by atoms with E-state index in [9.17, 15) is 4.79 Å². The molecule has 1 atom stereocenters. The first kappa shape index (κ1) is 15.1. The van der Waals surface area contributed by atoms with Gasteiger partial charge in [-0.05, 0) is 31.0 Å². The third kappa shape index (κ3) is 2.45. The Labute approximate surface area is 150 Å². The van der Waals surface area contributed by atoms with E-state index in [0.29, 0.717) is 12.2 Å². The van der Waals surface area contributed by atoms with E-state index in [2.05, 4.69) is 15.2 Å². The van der Waals surface area contributed by atoms with Crippen LogP contribution in [0.5, 0.6) is 0 Å². The summed E-state index contributed by atoms with van der Waals surface area (Å²) in [6.45, 7) is 1.43. The van der Waals surface area contributed by atoms with Gasteiger partial charge in [-0.3, -0.25) is 9.89 Å². The Morgan fingerprint density at radius 2 is 1.88 bits per heavy atom. The number of aromatic nitrogens is 4. The average Bonchev–Trinajstić information content (AvgIpc) is 3.32. The number of imidazole rings is 1. The van der Waals surface area contributed by atoms with E-state index >= 15 is 0 Å². The van der Waals surface area contributed by atoms with Crippen molar-refractivity contribution in [2.45, 2.75) is 18.8 Å². The Kier molecular flexibility index (Phi) is 3.48. The van der Waals surface area contributed by atoms with E-state index in [1.165, 1.54) is 0 Å². The van der Waals surface area contributed by atoms with Crippen LogP contribution in [0.1, 0.15) is 35.1 Å². The molecule has 0 aliphatic carbocycles. The number of carbonyl (C=O) groups is 1. The topological polar surface area (TPSA) is 77.7 Å². The minimum atomic E-state index is -0.0109. The molecule has 4 aromatic rings. The molecule has 2 aromatic heterocycles. The molecule has 0 spiro atoms. The Morgan fingerprint density at radius 3 is 2.77 bits per heavy atom. The quantitative estimate of drug-likeness (QED) is 0.584. The molecule has 0 bridgehead atoms. The van der Waals surface area contributed by atoms with Crippen LogP contribution in [0, 0.1) is 0 Å². The number of H-pyrrole nitrogens is 2. The van der Waals surface area contributed by atoms with Crippen LogP contribution in [0.2, 0.25) is 0 Å². The van der Waals surface area contributed by atoms with E-state index < -0.39 is 0 Å². The fourth-order valence-corrected chi connectivity index (χ4v) is 3.83. The molecule has 6 nitrogen and oxygen atoms in total. The second-order valence-electron chi connectivity index (χ2n) is 6.85. The van der Waals surface area contributed by atoms with Crippen molar-refractivity contribution in [2.24, 2.45) is 0 Å². The van der Waals surface area contributed by atoms with Gasteiger partial charge in [0.1, 0.15) is 5.82 Å². The number of aromatic amines is 2. The van der Waals surface area contributed by atoms with Gasteiger partial charge in [-0.2, -0.15) is 5.10 Å². The van der Waals surface area contributed by atoms with Crippen LogP contribution in [0.4, 0.5) is 0 Å². The third-order valence-electron chi connectivity index (χ3n) is 5.18. The van der Waals surface area contributed by atoms with E-state index in [1.54, 1.807) is 0 Å². The molecule has 2 N–H and O–H groups in total. The van der Waals surface area contributed by atoms with Crippen LogP contribution in [0.25, 0.3) is 21.9 Å². The number of amides is 1. The molecule has 0 saturated carbocycles. The molecule has 1 aliphatic heterocycles. The number of likely N-dealkylation sites (tertiary alicyclic amines) is 1. The van der Waals surface area contributed by atoms with Gasteiger partial charge in [0.2, 0.25) is 0 Å². The van der Waals surface area contributed by atoms with Crippen LogP contribution in [0.15, 0.2) is 48.5 Å². The minimum absolute atomic E-state index is 0.0109. The number of fused-ring (bicyclic) bond motifs is 2. The largest absolute Gasteiger partial charge is 0.342 e. The predicted molar refractivity (Wildman–Crippen MR) is 100 cm³/mol. The van der Waals surface area contributed by atoms with Gasteiger partial charge in [0, 0.05) is 24.4 Å². The van der Waals surface area contributed by atoms with Crippen LogP contribution >= 0.6 is 0 Å². The van der Waals surface area contributed by atoms with Gasteiger partial charge in [0.15, 0.2) is 5.69 Å². The van der Waals surface area contributed by atoms with Crippen molar-refractivity contribution in [1.29, 1.82) is 0 Å². The summed E-state index contributed by atoms with van der Waals surface area (Å²) in [6.07, 6.45) is 2.00. The highest BCUT2D eigenvalue weighted by Crippen LogP contribution is 2.28. The van der Waals surface area contributed by atoms with Crippen molar-refractivity contribution in [3.63, 3.8) is 0 Å². The van der Waals surface area contributed by atoms with Crippen LogP contribution in [0.3, 0.4) is 0 Å². The Bertz CT molecular complexity index is 1060. The first-order chi connectivity index (χ1) is 12.8. The number of piperidine rings is 1. The SMILES string of the molecule is O=C(c1n[nH]c2ccccc12)N1CCC[C@H](c2nc3ccccc3[nH]2)C1. The van der Waals surface area contributed by atoms with Gasteiger partial charge in [-0.1, -0.05) is 30.3 Å². The van der Waals surface area contributed by atoms with Crippen molar-refractivity contribution in [1.82, 2.24) is 25.1 Å². The highest BCUT2D eigenvalue weighted by atomic mass is 16.2. The van der Waals surface area contributed by atoms with Gasteiger partial charge in [0.25, 0.3) is 5.91 Å². The molecule has 1 saturated heterocycles. The number of rotatable bonds is 2. The zero-order valence-corrected chi connectivity index (χ0v) is 14.3. The summed E-state index contributed by atoms with van der Waals surface area (Å²) in [5.74, 6) is 1.18. The van der Waals surface area contributed by atoms with E-state index in [0.717, 1.165) is 47.1 Å². The van der Waals surface area contributed by atoms with Crippen molar-refractivity contribution in [3.8, 4) is 0 Å². The lowest BCUT2D eigenvalue weighted by Gasteiger charge is -2.31. The molecule has 0 unspecified atom stereocenters. The fraction of sp³-hybridized carbons (Fsp3) is 0.250. The summed E-state index contributed by atoms with van der Waals surface area (Å²) >= 11 is 0. The number of hydrogen-bond acceptors (Lipinski definition) is 3. The molecule has 6 heteroatoms. The molecule has 3 heterocycles. The first-order valence-electron chi connectivity index (χ1n) is 8.96. The Morgan fingerprint density at radius 1 is 1.08 bits per heavy atom. The number of carbonyl (C=O) groups excluding carboxylic acids is 1. The number of nitrogens with one attached hydrogen (secondary N) is 2.